The highest BCUT2D eigenvalue weighted by Gasteiger charge is 2.23. The Morgan fingerprint density at radius 3 is 2.78 bits per heavy atom. The Morgan fingerprint density at radius 1 is 1.26 bits per heavy atom. The van der Waals surface area contributed by atoms with E-state index in [0.29, 0.717) is 60.8 Å². The molecule has 8 heteroatoms. The van der Waals surface area contributed by atoms with Crippen LogP contribution in [0, 0.1) is 5.82 Å². The first-order chi connectivity index (χ1) is 13.1. The number of hydrogen-bond acceptors (Lipinski definition) is 6. The number of morpholine rings is 1. The van der Waals surface area contributed by atoms with Crippen molar-refractivity contribution >= 4 is 11.6 Å². The number of ether oxygens (including phenoxy) is 4. The van der Waals surface area contributed by atoms with E-state index in [1.165, 1.54) is 20.3 Å². The van der Waals surface area contributed by atoms with Crippen LogP contribution in [0.1, 0.15) is 5.56 Å². The van der Waals surface area contributed by atoms with Crippen molar-refractivity contribution in [2.24, 2.45) is 0 Å². The number of aromatic nitrogens is 1. The summed E-state index contributed by atoms with van der Waals surface area (Å²) in [5.41, 5.74) is 0.546. The van der Waals surface area contributed by atoms with Crippen LogP contribution in [-0.4, -0.2) is 56.5 Å². The van der Waals surface area contributed by atoms with Gasteiger partial charge < -0.3 is 18.9 Å². The Morgan fingerprint density at radius 2 is 2.04 bits per heavy atom. The molecule has 2 aromatic rings. The Hall–Kier alpha value is -2.09. The number of benzene rings is 1. The van der Waals surface area contributed by atoms with Crippen LogP contribution < -0.4 is 14.2 Å². The van der Waals surface area contributed by atoms with E-state index in [0.717, 1.165) is 0 Å². The number of pyridine rings is 1. The zero-order valence-electron chi connectivity index (χ0n) is 15.3. The first kappa shape index (κ1) is 19.7. The van der Waals surface area contributed by atoms with Gasteiger partial charge in [0.2, 0.25) is 0 Å². The predicted octanol–water partition coefficient (Wildman–Crippen LogP) is 3.17. The quantitative estimate of drug-likeness (QED) is 0.670. The zero-order chi connectivity index (χ0) is 19.2. The monoisotopic (exact) mass is 396 g/mol. The summed E-state index contributed by atoms with van der Waals surface area (Å²) in [5, 5.41) is 0.317. The molecule has 0 aliphatic carbocycles. The minimum absolute atomic E-state index is 0.141. The van der Waals surface area contributed by atoms with E-state index in [9.17, 15) is 4.39 Å². The Bertz CT molecular complexity index is 777. The van der Waals surface area contributed by atoms with Gasteiger partial charge in [-0.1, -0.05) is 11.6 Å². The second kappa shape index (κ2) is 9.21. The van der Waals surface area contributed by atoms with Crippen LogP contribution in [0.15, 0.2) is 30.5 Å². The number of methoxy groups -OCH3 is 2. The summed E-state index contributed by atoms with van der Waals surface area (Å²) in [5.74, 6) is 1.08. The Labute approximate surface area is 162 Å². The summed E-state index contributed by atoms with van der Waals surface area (Å²) in [6.07, 6.45) is 1.46. The van der Waals surface area contributed by atoms with Gasteiger partial charge in [0, 0.05) is 37.5 Å². The van der Waals surface area contributed by atoms with Crippen molar-refractivity contribution in [3.05, 3.63) is 47.0 Å². The molecule has 1 fully saturated rings. The van der Waals surface area contributed by atoms with Gasteiger partial charge in [-0.15, -0.1) is 0 Å². The molecule has 1 aliphatic heterocycles. The summed E-state index contributed by atoms with van der Waals surface area (Å²) < 4.78 is 36.2. The lowest BCUT2D eigenvalue weighted by Gasteiger charge is -2.33. The molecule has 27 heavy (non-hydrogen) atoms. The molecule has 3 rings (SSSR count). The third kappa shape index (κ3) is 5.00. The summed E-state index contributed by atoms with van der Waals surface area (Å²) in [6, 6.07) is 6.54. The minimum Gasteiger partial charge on any atom is -0.493 e. The van der Waals surface area contributed by atoms with Crippen molar-refractivity contribution in [2.75, 3.05) is 40.5 Å². The molecule has 2 heterocycles. The van der Waals surface area contributed by atoms with E-state index in [4.69, 9.17) is 30.5 Å². The number of nitrogens with zero attached hydrogens (tertiary/aromatic N) is 2. The molecule has 6 nitrogen and oxygen atoms in total. The molecule has 0 radical (unpaired) electrons. The zero-order valence-corrected chi connectivity index (χ0v) is 16.0. The standard InChI is InChI=1S/C19H22ClFN2O4/c1-24-17-8-13(15(21)9-18(17)25-2)10-23-6-7-26-14(11-23)12-27-16-4-3-5-22-19(16)20/h3-5,8-9,14H,6-7,10-12H2,1-2H3. The van der Waals surface area contributed by atoms with Crippen molar-refractivity contribution in [1.82, 2.24) is 9.88 Å². The summed E-state index contributed by atoms with van der Waals surface area (Å²) >= 11 is 6.00. The predicted molar refractivity (Wildman–Crippen MR) is 99.3 cm³/mol. The molecule has 146 valence electrons. The molecule has 1 atom stereocenters. The SMILES string of the molecule is COc1cc(F)c(CN2CCOC(COc3cccnc3Cl)C2)cc1OC. The van der Waals surface area contributed by atoms with E-state index in [2.05, 4.69) is 9.88 Å². The van der Waals surface area contributed by atoms with Crippen LogP contribution in [0.25, 0.3) is 0 Å². The van der Waals surface area contributed by atoms with Crippen molar-refractivity contribution < 1.29 is 23.3 Å². The van der Waals surface area contributed by atoms with Gasteiger partial charge in [0.15, 0.2) is 22.4 Å². The Balaban J connectivity index is 1.61. The van der Waals surface area contributed by atoms with Gasteiger partial charge in [0.05, 0.1) is 20.8 Å². The van der Waals surface area contributed by atoms with E-state index >= 15 is 0 Å². The van der Waals surface area contributed by atoms with Gasteiger partial charge in [0.25, 0.3) is 0 Å². The molecule has 0 spiro atoms. The van der Waals surface area contributed by atoms with E-state index in [1.807, 2.05) is 0 Å². The third-order valence-corrected chi connectivity index (χ3v) is 4.60. The molecular formula is C19H22ClFN2O4. The van der Waals surface area contributed by atoms with Crippen LogP contribution in [0.3, 0.4) is 0 Å². The molecular weight excluding hydrogens is 375 g/mol. The van der Waals surface area contributed by atoms with Crippen molar-refractivity contribution in [3.8, 4) is 17.2 Å². The Kier molecular flexibility index (Phi) is 6.71. The number of halogens is 2. The fourth-order valence-corrected chi connectivity index (χ4v) is 3.12. The maximum absolute atomic E-state index is 14.4. The molecule has 1 unspecified atom stereocenters. The smallest absolute Gasteiger partial charge is 0.171 e. The summed E-state index contributed by atoms with van der Waals surface area (Å²) in [6.45, 7) is 2.66. The largest absolute Gasteiger partial charge is 0.493 e. The van der Waals surface area contributed by atoms with Crippen LogP contribution in [0.5, 0.6) is 17.2 Å². The average Bonchev–Trinajstić information content (AvgIpc) is 2.69. The van der Waals surface area contributed by atoms with Crippen LogP contribution in [-0.2, 0) is 11.3 Å². The maximum atomic E-state index is 14.4. The lowest BCUT2D eigenvalue weighted by Crippen LogP contribution is -2.44. The topological polar surface area (TPSA) is 53.1 Å². The van der Waals surface area contributed by atoms with Crippen molar-refractivity contribution in [2.45, 2.75) is 12.6 Å². The normalized spacial score (nSPS) is 17.6. The summed E-state index contributed by atoms with van der Waals surface area (Å²) in [7, 11) is 3.02. The average molecular weight is 397 g/mol. The molecule has 1 aliphatic rings. The van der Waals surface area contributed by atoms with E-state index < -0.39 is 0 Å². The van der Waals surface area contributed by atoms with Gasteiger partial charge >= 0.3 is 0 Å². The molecule has 0 amide bonds. The van der Waals surface area contributed by atoms with Crippen molar-refractivity contribution in [3.63, 3.8) is 0 Å². The molecule has 0 N–H and O–H groups in total. The molecule has 1 aromatic carbocycles. The second-order valence-corrected chi connectivity index (χ2v) is 6.49. The second-order valence-electron chi connectivity index (χ2n) is 6.13. The fourth-order valence-electron chi connectivity index (χ4n) is 2.94. The van der Waals surface area contributed by atoms with Gasteiger partial charge in [-0.2, -0.15) is 0 Å². The van der Waals surface area contributed by atoms with Gasteiger partial charge in [-0.05, 0) is 18.2 Å². The fraction of sp³-hybridized carbons (Fsp3) is 0.421. The van der Waals surface area contributed by atoms with Crippen LogP contribution in [0.4, 0.5) is 4.39 Å². The van der Waals surface area contributed by atoms with E-state index in [1.54, 1.807) is 24.4 Å². The number of hydrogen-bond donors (Lipinski definition) is 0. The molecule has 1 aromatic heterocycles. The van der Waals surface area contributed by atoms with Crippen LogP contribution >= 0.6 is 11.6 Å². The van der Waals surface area contributed by atoms with E-state index in [-0.39, 0.29) is 11.9 Å². The first-order valence-corrected chi connectivity index (χ1v) is 8.96. The lowest BCUT2D eigenvalue weighted by molar-refractivity contribution is -0.0506. The third-order valence-electron chi connectivity index (χ3n) is 4.32. The van der Waals surface area contributed by atoms with Gasteiger partial charge in [-0.3, -0.25) is 4.90 Å². The molecule has 0 saturated carbocycles. The maximum Gasteiger partial charge on any atom is 0.171 e. The molecule has 0 bridgehead atoms. The van der Waals surface area contributed by atoms with Gasteiger partial charge in [-0.25, -0.2) is 9.37 Å². The highest BCUT2D eigenvalue weighted by molar-refractivity contribution is 6.30. The highest BCUT2D eigenvalue weighted by Crippen LogP contribution is 2.30. The summed E-state index contributed by atoms with van der Waals surface area (Å²) in [4.78, 5) is 6.10. The highest BCUT2D eigenvalue weighted by atomic mass is 35.5. The molecule has 1 saturated heterocycles. The van der Waals surface area contributed by atoms with Crippen molar-refractivity contribution in [1.29, 1.82) is 0 Å². The van der Waals surface area contributed by atoms with Gasteiger partial charge in [0.1, 0.15) is 18.5 Å². The first-order valence-electron chi connectivity index (χ1n) is 8.58. The minimum atomic E-state index is -0.325. The number of rotatable bonds is 7. The van der Waals surface area contributed by atoms with Crippen LogP contribution in [0.2, 0.25) is 5.15 Å². The lowest BCUT2D eigenvalue weighted by atomic mass is 10.1.